The van der Waals surface area contributed by atoms with Crippen LogP contribution in [0, 0.1) is 0 Å². The van der Waals surface area contributed by atoms with Crippen molar-refractivity contribution in [1.29, 1.82) is 0 Å². The smallest absolute Gasteiger partial charge is 0.381 e. The van der Waals surface area contributed by atoms with Crippen LogP contribution in [0.15, 0.2) is 11.6 Å². The first-order valence-electron chi connectivity index (χ1n) is 8.15. The predicted octanol–water partition coefficient (Wildman–Crippen LogP) is 5.36. The van der Waals surface area contributed by atoms with Crippen LogP contribution >= 0.6 is 0 Å². The first-order chi connectivity index (χ1) is 15.3. The highest BCUT2D eigenvalue weighted by atomic mass is 19.4. The highest BCUT2D eigenvalue weighted by Gasteiger charge is 2.76. The summed E-state index contributed by atoms with van der Waals surface area (Å²) in [5, 5.41) is 0. The van der Waals surface area contributed by atoms with Crippen LogP contribution in [0.2, 0.25) is 0 Å². The number of hydrogen-bond donors (Lipinski definition) is 0. The average molecular weight is 558 g/mol. The van der Waals surface area contributed by atoms with Gasteiger partial charge in [-0.15, -0.1) is 0 Å². The van der Waals surface area contributed by atoms with Gasteiger partial charge in [0.2, 0.25) is 0 Å². The van der Waals surface area contributed by atoms with Gasteiger partial charge in [-0.25, -0.2) is 27.2 Å². The molecule has 0 N–H and O–H groups in total. The number of ether oxygens (including phenoxy) is 2. The molecule has 0 aliphatic rings. The number of carbonyl (C=O) groups is 2. The Morgan fingerprint density at radius 2 is 0.971 bits per heavy atom. The van der Waals surface area contributed by atoms with Crippen LogP contribution < -0.4 is 0 Å². The summed E-state index contributed by atoms with van der Waals surface area (Å²) in [6.07, 6.45) is -10.9. The first kappa shape index (κ1) is 32.6. The Morgan fingerprint density at radius 1 is 0.657 bits per heavy atom. The predicted molar refractivity (Wildman–Crippen MR) is 77.4 cm³/mol. The van der Waals surface area contributed by atoms with E-state index in [-0.39, 0.29) is 6.08 Å². The maximum absolute atomic E-state index is 13.2. The van der Waals surface area contributed by atoms with Crippen LogP contribution in [0.1, 0.15) is 6.92 Å². The van der Waals surface area contributed by atoms with Crippen LogP contribution in [0.25, 0.3) is 0 Å². The van der Waals surface area contributed by atoms with Gasteiger partial charge in [-0.05, 0) is 6.92 Å². The van der Waals surface area contributed by atoms with Crippen LogP contribution in [0.4, 0.5) is 70.2 Å². The summed E-state index contributed by atoms with van der Waals surface area (Å²) >= 11 is 0. The highest BCUT2D eigenvalue weighted by molar-refractivity contribution is 5.95. The van der Waals surface area contributed by atoms with Crippen molar-refractivity contribution in [2.75, 3.05) is 13.2 Å². The van der Waals surface area contributed by atoms with Gasteiger partial charge in [-0.3, -0.25) is 0 Å². The first-order valence-corrected chi connectivity index (χ1v) is 8.15. The topological polar surface area (TPSA) is 52.6 Å². The third-order valence-electron chi connectivity index (χ3n) is 3.74. The summed E-state index contributed by atoms with van der Waals surface area (Å²) in [4.78, 5) is 22.6. The maximum Gasteiger partial charge on any atom is 0.381 e. The lowest BCUT2D eigenvalue weighted by atomic mass is 10.1. The van der Waals surface area contributed by atoms with Gasteiger partial charge in [0, 0.05) is 11.6 Å². The van der Waals surface area contributed by atoms with Crippen molar-refractivity contribution in [3.8, 4) is 0 Å². The molecule has 0 rings (SSSR count). The van der Waals surface area contributed by atoms with Gasteiger partial charge >= 0.3 is 60.3 Å². The summed E-state index contributed by atoms with van der Waals surface area (Å²) in [6.45, 7) is -5.63. The van der Waals surface area contributed by atoms with E-state index in [0.717, 1.165) is 0 Å². The molecule has 0 amide bonds. The van der Waals surface area contributed by atoms with E-state index in [4.69, 9.17) is 0 Å². The Morgan fingerprint density at radius 3 is 1.29 bits per heavy atom. The second kappa shape index (κ2) is 10.3. The van der Waals surface area contributed by atoms with Crippen LogP contribution in [0.3, 0.4) is 0 Å². The third kappa shape index (κ3) is 6.42. The second-order valence-electron chi connectivity index (χ2n) is 6.42. The SMILES string of the molecule is C/C(=C\C(=O)OCC(F)(F)C(F)(F)C(F)(F)C(F)F)C(=O)OCC(F)(F)C(F)(F)C(F)(F)C(F)F. The molecule has 0 aromatic rings. The van der Waals surface area contributed by atoms with Gasteiger partial charge in [0.15, 0.2) is 13.2 Å². The molecule has 0 bridgehead atoms. The second-order valence-corrected chi connectivity index (χ2v) is 6.42. The fourth-order valence-electron chi connectivity index (χ4n) is 1.65. The minimum Gasteiger partial charge on any atom is -0.456 e. The van der Waals surface area contributed by atoms with Gasteiger partial charge in [-0.2, -0.15) is 52.7 Å². The van der Waals surface area contributed by atoms with Crippen molar-refractivity contribution >= 4 is 11.9 Å². The molecular weight excluding hydrogens is 548 g/mol. The van der Waals surface area contributed by atoms with Crippen LogP contribution in [0.5, 0.6) is 0 Å². The molecule has 0 aliphatic heterocycles. The molecule has 0 radical (unpaired) electrons. The van der Waals surface area contributed by atoms with Gasteiger partial charge in [-0.1, -0.05) is 0 Å². The van der Waals surface area contributed by atoms with Gasteiger partial charge < -0.3 is 9.47 Å². The number of rotatable bonds is 12. The maximum atomic E-state index is 13.2. The summed E-state index contributed by atoms with van der Waals surface area (Å²) < 4.78 is 210. The Kier molecular flexibility index (Phi) is 9.56. The number of alkyl halides is 16. The van der Waals surface area contributed by atoms with E-state index in [1.807, 2.05) is 0 Å². The fourth-order valence-corrected chi connectivity index (χ4v) is 1.65. The van der Waals surface area contributed by atoms with Gasteiger partial charge in [0.1, 0.15) is 0 Å². The summed E-state index contributed by atoms with van der Waals surface area (Å²) in [6, 6.07) is 0. The monoisotopic (exact) mass is 558 g/mol. The fraction of sp³-hybridized carbons (Fsp3) is 0.733. The van der Waals surface area contributed by atoms with Crippen molar-refractivity contribution < 1.29 is 89.3 Å². The van der Waals surface area contributed by atoms with Gasteiger partial charge in [0.25, 0.3) is 0 Å². The van der Waals surface area contributed by atoms with E-state index in [1.165, 1.54) is 0 Å². The Labute approximate surface area is 182 Å². The number of carbonyl (C=O) groups excluding carboxylic acids is 2. The lowest BCUT2D eigenvalue weighted by molar-refractivity contribution is -0.344. The van der Waals surface area contributed by atoms with Gasteiger partial charge in [0.05, 0.1) is 0 Å². The Bertz CT molecular complexity index is 805. The van der Waals surface area contributed by atoms with E-state index in [0.29, 0.717) is 6.92 Å². The zero-order chi connectivity index (χ0) is 28.4. The molecule has 20 heteroatoms. The Balaban J connectivity index is 5.30. The molecule has 0 atom stereocenters. The Hall–Kier alpha value is -2.44. The molecule has 0 saturated heterocycles. The largest absolute Gasteiger partial charge is 0.456 e. The van der Waals surface area contributed by atoms with E-state index in [1.54, 1.807) is 0 Å². The molecule has 0 saturated carbocycles. The molecule has 0 aromatic heterocycles. The van der Waals surface area contributed by atoms with E-state index < -0.39 is 79.1 Å². The van der Waals surface area contributed by atoms with Crippen LogP contribution in [-0.2, 0) is 19.1 Å². The highest BCUT2D eigenvalue weighted by Crippen LogP contribution is 2.49. The zero-order valence-electron chi connectivity index (χ0n) is 16.3. The molecular formula is C15H10F16O4. The molecule has 0 unspecified atom stereocenters. The molecule has 4 nitrogen and oxygen atoms in total. The summed E-state index contributed by atoms with van der Waals surface area (Å²) in [5.41, 5.74) is -1.36. The quantitative estimate of drug-likeness (QED) is 0.184. The molecule has 0 spiro atoms. The minimum atomic E-state index is -6.78. The van der Waals surface area contributed by atoms with Crippen molar-refractivity contribution in [1.82, 2.24) is 0 Å². The van der Waals surface area contributed by atoms with Crippen LogP contribution in [-0.4, -0.2) is 73.5 Å². The minimum absolute atomic E-state index is 0.353. The number of halogens is 16. The zero-order valence-corrected chi connectivity index (χ0v) is 16.3. The molecule has 206 valence electrons. The summed E-state index contributed by atoms with van der Waals surface area (Å²) in [5.74, 6) is -43.6. The molecule has 35 heavy (non-hydrogen) atoms. The molecule has 0 heterocycles. The number of hydrogen-bond acceptors (Lipinski definition) is 4. The standard InChI is InChI=1S/C15H10F16O4/c1-5(7(33)35-4-11(22,23)15(30,31)13(26,27)9(18)19)2-6(32)34-3-10(20,21)14(28,29)12(24,25)8(16)17/h2,8-9H,3-4H2,1H3/b5-2+. The van der Waals surface area contributed by atoms with E-state index in [9.17, 15) is 79.8 Å². The number of esters is 2. The average Bonchev–Trinajstić information content (AvgIpc) is 2.69. The normalized spacial score (nSPS) is 15.0. The lowest BCUT2D eigenvalue weighted by Crippen LogP contribution is -2.59. The van der Waals surface area contributed by atoms with Crippen molar-refractivity contribution in [3.05, 3.63) is 11.6 Å². The van der Waals surface area contributed by atoms with E-state index >= 15 is 0 Å². The van der Waals surface area contributed by atoms with E-state index in [2.05, 4.69) is 9.47 Å². The lowest BCUT2D eigenvalue weighted by Gasteiger charge is -2.31. The summed E-state index contributed by atoms with van der Waals surface area (Å²) in [7, 11) is 0. The third-order valence-corrected chi connectivity index (χ3v) is 3.74. The molecule has 0 fully saturated rings. The van der Waals surface area contributed by atoms with Crippen molar-refractivity contribution in [3.63, 3.8) is 0 Å². The molecule has 0 aliphatic carbocycles. The molecule has 0 aromatic carbocycles. The van der Waals surface area contributed by atoms with Crippen molar-refractivity contribution in [2.24, 2.45) is 0 Å². The van der Waals surface area contributed by atoms with Crippen molar-refractivity contribution in [2.45, 2.75) is 55.3 Å².